The topological polar surface area (TPSA) is 77.8 Å². The van der Waals surface area contributed by atoms with Gasteiger partial charge in [0.1, 0.15) is 11.9 Å². The molecule has 1 saturated carbocycles. The molecule has 1 aliphatic carbocycles. The van der Waals surface area contributed by atoms with E-state index in [1.54, 1.807) is 19.2 Å². The van der Waals surface area contributed by atoms with Crippen molar-refractivity contribution in [1.82, 2.24) is 10.3 Å². The molecule has 0 atom stereocenters. The summed E-state index contributed by atoms with van der Waals surface area (Å²) in [6.45, 7) is 3.67. The van der Waals surface area contributed by atoms with Crippen LogP contribution in [-0.4, -0.2) is 22.5 Å². The molecule has 1 heterocycles. The maximum Gasteiger partial charge on any atom is 0.217 e. The summed E-state index contributed by atoms with van der Waals surface area (Å²) in [6, 6.07) is 6.03. The minimum absolute atomic E-state index is 0.0349. The maximum absolute atomic E-state index is 11.2. The molecule has 0 aromatic carbocycles. The normalized spacial score (nSPS) is 25.6. The number of pyridine rings is 1. The van der Waals surface area contributed by atoms with E-state index in [4.69, 9.17) is 5.26 Å². The van der Waals surface area contributed by atoms with Crippen LogP contribution in [0.3, 0.4) is 0 Å². The van der Waals surface area contributed by atoms with Gasteiger partial charge in [-0.15, -0.1) is 0 Å². The first-order chi connectivity index (χ1) is 9.50. The average molecular weight is 272 g/mol. The van der Waals surface area contributed by atoms with Gasteiger partial charge < -0.3 is 10.6 Å². The molecule has 0 aliphatic heterocycles. The first-order valence-electron chi connectivity index (χ1n) is 6.92. The van der Waals surface area contributed by atoms with Crippen molar-refractivity contribution in [1.29, 1.82) is 5.26 Å². The Morgan fingerprint density at radius 1 is 1.45 bits per heavy atom. The maximum atomic E-state index is 11.2. The van der Waals surface area contributed by atoms with Gasteiger partial charge >= 0.3 is 0 Å². The summed E-state index contributed by atoms with van der Waals surface area (Å²) < 4.78 is 0. The van der Waals surface area contributed by atoms with Crippen LogP contribution in [0.1, 0.15) is 45.1 Å². The van der Waals surface area contributed by atoms with Crippen molar-refractivity contribution in [2.75, 3.05) is 5.32 Å². The van der Waals surface area contributed by atoms with Crippen LogP contribution in [0.2, 0.25) is 0 Å². The quantitative estimate of drug-likeness (QED) is 0.884. The zero-order valence-corrected chi connectivity index (χ0v) is 11.9. The summed E-state index contributed by atoms with van der Waals surface area (Å²) in [5.74, 6) is 0.838. The van der Waals surface area contributed by atoms with E-state index < -0.39 is 0 Å². The molecule has 0 radical (unpaired) electrons. The van der Waals surface area contributed by atoms with E-state index in [-0.39, 0.29) is 11.4 Å². The van der Waals surface area contributed by atoms with Crippen LogP contribution in [0, 0.1) is 11.3 Å². The molecule has 2 rings (SSSR count). The lowest BCUT2D eigenvalue weighted by molar-refractivity contribution is -0.121. The Kier molecular flexibility index (Phi) is 4.23. The SMILES string of the molecule is CC(=O)N[C@]1(C)CC[C@@H](Nc2ccc(C#N)cn2)CC1. The fraction of sp³-hybridized carbons (Fsp3) is 0.533. The summed E-state index contributed by atoms with van der Waals surface area (Å²) >= 11 is 0. The number of nitrogens with one attached hydrogen (secondary N) is 2. The molecule has 1 fully saturated rings. The second-order valence-electron chi connectivity index (χ2n) is 5.70. The molecule has 5 nitrogen and oxygen atoms in total. The van der Waals surface area contributed by atoms with Gasteiger partial charge in [-0.1, -0.05) is 0 Å². The Labute approximate surface area is 119 Å². The molecular weight excluding hydrogens is 252 g/mol. The van der Waals surface area contributed by atoms with Gasteiger partial charge in [-0.3, -0.25) is 4.79 Å². The van der Waals surface area contributed by atoms with Gasteiger partial charge in [-0.2, -0.15) is 5.26 Å². The highest BCUT2D eigenvalue weighted by Crippen LogP contribution is 2.29. The molecule has 106 valence electrons. The Bertz CT molecular complexity index is 510. The van der Waals surface area contributed by atoms with Crippen LogP contribution in [0.4, 0.5) is 5.82 Å². The summed E-state index contributed by atoms with van der Waals surface area (Å²) in [7, 11) is 0. The van der Waals surface area contributed by atoms with Crippen molar-refractivity contribution in [2.24, 2.45) is 0 Å². The van der Waals surface area contributed by atoms with Crippen LogP contribution in [0.15, 0.2) is 18.3 Å². The first-order valence-corrected chi connectivity index (χ1v) is 6.92. The monoisotopic (exact) mass is 272 g/mol. The lowest BCUT2D eigenvalue weighted by Crippen LogP contribution is -2.49. The van der Waals surface area contributed by atoms with Gasteiger partial charge in [0.05, 0.1) is 5.56 Å². The molecule has 1 aromatic rings. The standard InChI is InChI=1S/C15H20N4O/c1-11(20)19-15(2)7-5-13(6-8-15)18-14-4-3-12(9-16)10-17-14/h3-4,10,13H,5-8H2,1-2H3,(H,17,18)(H,19,20)/t13-,15-. The predicted octanol–water partition coefficient (Wildman–Crippen LogP) is 2.20. The highest BCUT2D eigenvalue weighted by atomic mass is 16.1. The zero-order valence-electron chi connectivity index (χ0n) is 11.9. The van der Waals surface area contributed by atoms with Gasteiger partial charge in [0.2, 0.25) is 5.91 Å². The van der Waals surface area contributed by atoms with Crippen molar-refractivity contribution < 1.29 is 4.79 Å². The molecule has 2 N–H and O–H groups in total. The largest absolute Gasteiger partial charge is 0.367 e. The minimum Gasteiger partial charge on any atom is -0.367 e. The van der Waals surface area contributed by atoms with Crippen LogP contribution < -0.4 is 10.6 Å². The van der Waals surface area contributed by atoms with E-state index in [1.807, 2.05) is 6.07 Å². The van der Waals surface area contributed by atoms with Gasteiger partial charge in [0, 0.05) is 24.7 Å². The molecule has 0 bridgehead atoms. The van der Waals surface area contributed by atoms with Gasteiger partial charge in [-0.05, 0) is 44.7 Å². The Balaban J connectivity index is 1.88. The van der Waals surface area contributed by atoms with Gasteiger partial charge in [0.15, 0.2) is 0 Å². The molecule has 20 heavy (non-hydrogen) atoms. The smallest absolute Gasteiger partial charge is 0.217 e. The van der Waals surface area contributed by atoms with E-state index >= 15 is 0 Å². The molecule has 0 spiro atoms. The molecule has 1 aliphatic rings. The van der Waals surface area contributed by atoms with Crippen molar-refractivity contribution in [2.45, 2.75) is 51.1 Å². The molecule has 5 heteroatoms. The zero-order chi connectivity index (χ0) is 14.6. The Hall–Kier alpha value is -2.09. The number of carbonyl (C=O) groups is 1. The van der Waals surface area contributed by atoms with E-state index in [1.165, 1.54) is 0 Å². The summed E-state index contributed by atoms with van der Waals surface area (Å²) in [4.78, 5) is 15.4. The van der Waals surface area contributed by atoms with Crippen LogP contribution in [0.5, 0.6) is 0 Å². The van der Waals surface area contributed by atoms with E-state index in [2.05, 4.69) is 28.6 Å². The number of hydrogen-bond acceptors (Lipinski definition) is 4. The van der Waals surface area contributed by atoms with Gasteiger partial charge in [-0.25, -0.2) is 4.98 Å². The number of rotatable bonds is 3. The van der Waals surface area contributed by atoms with E-state index in [9.17, 15) is 4.79 Å². The second kappa shape index (κ2) is 5.91. The first kappa shape index (κ1) is 14.3. The molecule has 0 unspecified atom stereocenters. The number of amides is 1. The van der Waals surface area contributed by atoms with Crippen LogP contribution >= 0.6 is 0 Å². The van der Waals surface area contributed by atoms with Crippen molar-refractivity contribution in [3.8, 4) is 6.07 Å². The summed E-state index contributed by atoms with van der Waals surface area (Å²) in [5, 5.41) is 15.2. The van der Waals surface area contributed by atoms with Crippen molar-refractivity contribution in [3.63, 3.8) is 0 Å². The molecule has 0 saturated heterocycles. The molecule has 1 amide bonds. The van der Waals surface area contributed by atoms with Crippen molar-refractivity contribution in [3.05, 3.63) is 23.9 Å². The third-order valence-electron chi connectivity index (χ3n) is 3.81. The Morgan fingerprint density at radius 2 is 2.15 bits per heavy atom. The number of nitriles is 1. The second-order valence-corrected chi connectivity index (χ2v) is 5.70. The summed E-state index contributed by atoms with van der Waals surface area (Å²) in [5.41, 5.74) is 0.486. The lowest BCUT2D eigenvalue weighted by Gasteiger charge is -2.38. The minimum atomic E-state index is -0.0812. The number of anilines is 1. The Morgan fingerprint density at radius 3 is 2.65 bits per heavy atom. The molecular formula is C15H20N4O. The van der Waals surface area contributed by atoms with Crippen LogP contribution in [-0.2, 0) is 4.79 Å². The highest BCUT2D eigenvalue weighted by molar-refractivity contribution is 5.73. The van der Waals surface area contributed by atoms with Gasteiger partial charge in [0.25, 0.3) is 0 Å². The fourth-order valence-corrected chi connectivity index (χ4v) is 2.70. The number of aromatic nitrogens is 1. The van der Waals surface area contributed by atoms with Crippen LogP contribution in [0.25, 0.3) is 0 Å². The number of carbonyl (C=O) groups excluding carboxylic acids is 1. The highest BCUT2D eigenvalue weighted by Gasteiger charge is 2.31. The lowest BCUT2D eigenvalue weighted by atomic mass is 9.80. The number of hydrogen-bond donors (Lipinski definition) is 2. The third-order valence-corrected chi connectivity index (χ3v) is 3.81. The third kappa shape index (κ3) is 3.70. The number of nitrogens with zero attached hydrogens (tertiary/aromatic N) is 2. The molecule has 1 aromatic heterocycles. The average Bonchev–Trinajstić information content (AvgIpc) is 2.41. The van der Waals surface area contributed by atoms with E-state index in [0.29, 0.717) is 11.6 Å². The fourth-order valence-electron chi connectivity index (χ4n) is 2.70. The predicted molar refractivity (Wildman–Crippen MR) is 77.1 cm³/mol. The van der Waals surface area contributed by atoms with E-state index in [0.717, 1.165) is 31.5 Å². The van der Waals surface area contributed by atoms with Crippen molar-refractivity contribution >= 4 is 11.7 Å². The summed E-state index contributed by atoms with van der Waals surface area (Å²) in [6.07, 6.45) is 5.49.